The maximum atomic E-state index is 9.86. The summed E-state index contributed by atoms with van der Waals surface area (Å²) in [5.74, 6) is 0.853. The first kappa shape index (κ1) is 16.1. The molecule has 4 heteroatoms. The monoisotopic (exact) mass is 334 g/mol. The van der Waals surface area contributed by atoms with Crippen LogP contribution in [0.25, 0.3) is 10.9 Å². The molecule has 1 N–H and O–H groups in total. The van der Waals surface area contributed by atoms with Gasteiger partial charge in [0.05, 0.1) is 25.3 Å². The number of fused-ring (bicyclic) bond motifs is 1. The number of benzene rings is 2. The van der Waals surface area contributed by atoms with Gasteiger partial charge in [-0.15, -0.1) is 0 Å². The number of para-hydroxylation sites is 1. The van der Waals surface area contributed by atoms with Crippen LogP contribution in [0.1, 0.15) is 18.1 Å². The molecule has 1 unspecified atom stereocenters. The molecule has 0 spiro atoms. The van der Waals surface area contributed by atoms with Crippen molar-refractivity contribution in [1.82, 2.24) is 4.98 Å². The highest BCUT2D eigenvalue weighted by molar-refractivity contribution is 5.81. The normalized spacial score (nSPS) is 20.8. The zero-order valence-corrected chi connectivity index (χ0v) is 14.4. The largest absolute Gasteiger partial charge is 0.392 e. The Morgan fingerprint density at radius 1 is 1.12 bits per heavy atom. The van der Waals surface area contributed by atoms with Crippen LogP contribution in [0.4, 0.5) is 5.82 Å². The number of ether oxygens (including phenoxy) is 1. The Morgan fingerprint density at radius 3 is 2.68 bits per heavy atom. The van der Waals surface area contributed by atoms with Crippen LogP contribution in [0.2, 0.25) is 0 Å². The molecule has 1 atom stereocenters. The number of rotatable bonds is 3. The maximum absolute atomic E-state index is 9.86. The zero-order valence-electron chi connectivity index (χ0n) is 14.4. The van der Waals surface area contributed by atoms with Crippen LogP contribution in [0.3, 0.4) is 0 Å². The average molecular weight is 334 g/mol. The molecule has 1 saturated heterocycles. The molecule has 0 saturated carbocycles. The standard InChI is InChI=1S/C21H22N2O2/c1-21(18-8-3-2-4-9-18)15-23(11-12-25-21)20-17(14-24)13-16-7-5-6-10-19(16)22-20/h2-10,13,24H,11-12,14-15H2,1H3. The summed E-state index contributed by atoms with van der Waals surface area (Å²) in [6.07, 6.45) is 0. The number of morpholine rings is 1. The van der Waals surface area contributed by atoms with Crippen molar-refractivity contribution in [3.8, 4) is 0 Å². The van der Waals surface area contributed by atoms with Gasteiger partial charge in [-0.3, -0.25) is 0 Å². The van der Waals surface area contributed by atoms with Crippen molar-refractivity contribution in [2.45, 2.75) is 19.1 Å². The van der Waals surface area contributed by atoms with Gasteiger partial charge in [0.25, 0.3) is 0 Å². The molecule has 4 rings (SSSR count). The molecule has 25 heavy (non-hydrogen) atoms. The highest BCUT2D eigenvalue weighted by Gasteiger charge is 2.35. The molecule has 4 nitrogen and oxygen atoms in total. The first-order chi connectivity index (χ1) is 12.2. The summed E-state index contributed by atoms with van der Waals surface area (Å²) in [6.45, 7) is 4.20. The maximum Gasteiger partial charge on any atom is 0.135 e. The zero-order chi connectivity index (χ0) is 17.3. The molecule has 2 heterocycles. The fourth-order valence-corrected chi connectivity index (χ4v) is 3.56. The molecule has 2 aromatic carbocycles. The quantitative estimate of drug-likeness (QED) is 0.796. The lowest BCUT2D eigenvalue weighted by atomic mass is 9.93. The highest BCUT2D eigenvalue weighted by atomic mass is 16.5. The van der Waals surface area contributed by atoms with Gasteiger partial charge in [-0.05, 0) is 24.6 Å². The number of aromatic nitrogens is 1. The van der Waals surface area contributed by atoms with E-state index >= 15 is 0 Å². The molecule has 1 fully saturated rings. The first-order valence-corrected chi connectivity index (χ1v) is 8.63. The van der Waals surface area contributed by atoms with Crippen molar-refractivity contribution in [1.29, 1.82) is 0 Å². The van der Waals surface area contributed by atoms with Gasteiger partial charge in [0.2, 0.25) is 0 Å². The van der Waals surface area contributed by atoms with E-state index in [4.69, 9.17) is 9.72 Å². The molecule has 0 radical (unpaired) electrons. The molecule has 1 aromatic heterocycles. The summed E-state index contributed by atoms with van der Waals surface area (Å²) in [7, 11) is 0. The van der Waals surface area contributed by atoms with E-state index in [0.717, 1.165) is 34.4 Å². The number of hydrogen-bond donors (Lipinski definition) is 1. The second kappa shape index (κ2) is 6.47. The number of pyridine rings is 1. The third-order valence-electron chi connectivity index (χ3n) is 4.91. The van der Waals surface area contributed by atoms with E-state index in [1.165, 1.54) is 0 Å². The van der Waals surface area contributed by atoms with E-state index in [9.17, 15) is 5.11 Å². The molecule has 0 amide bonds. The fourth-order valence-electron chi connectivity index (χ4n) is 3.56. The molecular formula is C21H22N2O2. The lowest BCUT2D eigenvalue weighted by Gasteiger charge is -2.42. The van der Waals surface area contributed by atoms with Crippen LogP contribution in [0.15, 0.2) is 60.7 Å². The Balaban J connectivity index is 1.73. The SMILES string of the molecule is CC1(c2ccccc2)CN(c2nc3ccccc3cc2CO)CCO1. The average Bonchev–Trinajstić information content (AvgIpc) is 2.67. The van der Waals surface area contributed by atoms with Crippen molar-refractivity contribution >= 4 is 16.7 Å². The number of hydrogen-bond acceptors (Lipinski definition) is 4. The van der Waals surface area contributed by atoms with Gasteiger partial charge in [0, 0.05) is 17.5 Å². The van der Waals surface area contributed by atoms with Crippen molar-refractivity contribution in [2.24, 2.45) is 0 Å². The van der Waals surface area contributed by atoms with Gasteiger partial charge in [0.15, 0.2) is 0 Å². The van der Waals surface area contributed by atoms with E-state index in [0.29, 0.717) is 13.2 Å². The van der Waals surface area contributed by atoms with Gasteiger partial charge in [-0.25, -0.2) is 4.98 Å². The minimum atomic E-state index is -0.389. The minimum absolute atomic E-state index is 0.0213. The van der Waals surface area contributed by atoms with Crippen LogP contribution in [-0.4, -0.2) is 29.8 Å². The third-order valence-corrected chi connectivity index (χ3v) is 4.91. The Kier molecular flexibility index (Phi) is 4.15. The molecule has 128 valence electrons. The Hall–Kier alpha value is -2.43. The highest BCUT2D eigenvalue weighted by Crippen LogP contribution is 2.33. The van der Waals surface area contributed by atoms with E-state index in [1.807, 2.05) is 48.5 Å². The summed E-state index contributed by atoms with van der Waals surface area (Å²) >= 11 is 0. The van der Waals surface area contributed by atoms with Crippen LogP contribution in [0.5, 0.6) is 0 Å². The van der Waals surface area contributed by atoms with E-state index in [-0.39, 0.29) is 12.2 Å². The summed E-state index contributed by atoms with van der Waals surface area (Å²) in [4.78, 5) is 7.07. The van der Waals surface area contributed by atoms with Gasteiger partial charge < -0.3 is 14.7 Å². The molecule has 0 aliphatic carbocycles. The topological polar surface area (TPSA) is 45.6 Å². The lowest BCUT2D eigenvalue weighted by Crippen LogP contribution is -2.49. The lowest BCUT2D eigenvalue weighted by molar-refractivity contribution is -0.0468. The van der Waals surface area contributed by atoms with Crippen LogP contribution >= 0.6 is 0 Å². The van der Waals surface area contributed by atoms with Crippen molar-refractivity contribution < 1.29 is 9.84 Å². The van der Waals surface area contributed by atoms with E-state index in [2.05, 4.69) is 24.0 Å². The van der Waals surface area contributed by atoms with E-state index in [1.54, 1.807) is 0 Å². The molecular weight excluding hydrogens is 312 g/mol. The second-order valence-electron chi connectivity index (χ2n) is 6.69. The van der Waals surface area contributed by atoms with Gasteiger partial charge in [-0.2, -0.15) is 0 Å². The summed E-state index contributed by atoms with van der Waals surface area (Å²) in [5, 5.41) is 10.9. The van der Waals surface area contributed by atoms with Crippen molar-refractivity contribution in [3.05, 3.63) is 71.8 Å². The Bertz CT molecular complexity index is 881. The number of anilines is 1. The summed E-state index contributed by atoms with van der Waals surface area (Å²) in [6, 6.07) is 20.4. The fraction of sp³-hybridized carbons (Fsp3) is 0.286. The van der Waals surface area contributed by atoms with Crippen molar-refractivity contribution in [3.63, 3.8) is 0 Å². The number of aliphatic hydroxyl groups excluding tert-OH is 1. The van der Waals surface area contributed by atoms with Crippen LogP contribution in [-0.2, 0) is 16.9 Å². The molecule has 0 bridgehead atoms. The van der Waals surface area contributed by atoms with Crippen LogP contribution in [0, 0.1) is 0 Å². The van der Waals surface area contributed by atoms with Crippen LogP contribution < -0.4 is 4.90 Å². The Labute approximate surface area is 147 Å². The molecule has 1 aliphatic heterocycles. The predicted octanol–water partition coefficient (Wildman–Crippen LogP) is 3.48. The second-order valence-corrected chi connectivity index (χ2v) is 6.69. The van der Waals surface area contributed by atoms with Gasteiger partial charge >= 0.3 is 0 Å². The predicted molar refractivity (Wildman–Crippen MR) is 99.6 cm³/mol. The Morgan fingerprint density at radius 2 is 1.88 bits per heavy atom. The van der Waals surface area contributed by atoms with Gasteiger partial charge in [0.1, 0.15) is 11.4 Å². The molecule has 3 aromatic rings. The minimum Gasteiger partial charge on any atom is -0.392 e. The number of nitrogens with zero attached hydrogens (tertiary/aromatic N) is 2. The summed E-state index contributed by atoms with van der Waals surface area (Å²) in [5.41, 5.74) is 2.57. The summed E-state index contributed by atoms with van der Waals surface area (Å²) < 4.78 is 6.13. The third kappa shape index (κ3) is 2.99. The van der Waals surface area contributed by atoms with Crippen molar-refractivity contribution in [2.75, 3.05) is 24.6 Å². The molecule has 1 aliphatic rings. The smallest absolute Gasteiger partial charge is 0.135 e. The first-order valence-electron chi connectivity index (χ1n) is 8.63. The number of aliphatic hydroxyl groups is 1. The van der Waals surface area contributed by atoms with Gasteiger partial charge in [-0.1, -0.05) is 48.5 Å². The van der Waals surface area contributed by atoms with E-state index < -0.39 is 0 Å².